The van der Waals surface area contributed by atoms with Gasteiger partial charge < -0.3 is 49.2 Å². The zero-order valence-corrected chi connectivity index (χ0v) is 19.5. The van der Waals surface area contributed by atoms with Gasteiger partial charge in [-0.25, -0.2) is 4.79 Å². The van der Waals surface area contributed by atoms with Gasteiger partial charge in [-0.1, -0.05) is 0 Å². The Hall–Kier alpha value is -4.67. The number of esters is 1. The number of carbonyl (C=O) groups excluding carboxylic acids is 1. The number of carbonyl (C=O) groups is 1. The molecule has 0 radical (unpaired) electrons. The van der Waals surface area contributed by atoms with Gasteiger partial charge in [0.25, 0.3) is 0 Å². The van der Waals surface area contributed by atoms with Gasteiger partial charge in [-0.2, -0.15) is 0 Å². The minimum absolute atomic E-state index is 0.0886. The lowest BCUT2D eigenvalue weighted by Crippen LogP contribution is -2.35. The molecule has 0 spiro atoms. The summed E-state index contributed by atoms with van der Waals surface area (Å²) in [6.45, 7) is 0. The SMILES string of the molecule is COc1cc(C2Oc3cc(O)cc(OC)c3CC2OC(=O)c2cc(O)c(O)c(O)c2)cc(OC)c1O. The molecule has 3 aromatic carbocycles. The van der Waals surface area contributed by atoms with Crippen LogP contribution in [0.25, 0.3) is 0 Å². The standard InChI is InChI=1S/C25H24O11/c1-32-17-8-13(26)9-18-14(17)10-21(36-25(31)12-4-15(27)22(29)16(28)5-12)24(35-18)11-6-19(33-2)23(30)20(7-11)34-3/h4-9,21,24,26-30H,10H2,1-3H3. The fourth-order valence-electron chi connectivity index (χ4n) is 4.01. The van der Waals surface area contributed by atoms with Crippen LogP contribution < -0.4 is 18.9 Å². The Balaban J connectivity index is 1.79. The summed E-state index contributed by atoms with van der Waals surface area (Å²) in [4.78, 5) is 13.0. The number of phenols is 5. The summed E-state index contributed by atoms with van der Waals surface area (Å²) in [6, 6.07) is 7.68. The van der Waals surface area contributed by atoms with Crippen LogP contribution in [-0.2, 0) is 11.2 Å². The molecule has 0 bridgehead atoms. The highest BCUT2D eigenvalue weighted by molar-refractivity contribution is 5.91. The van der Waals surface area contributed by atoms with Crippen LogP contribution >= 0.6 is 0 Å². The first-order valence-electron chi connectivity index (χ1n) is 10.6. The van der Waals surface area contributed by atoms with Crippen LogP contribution in [0.1, 0.15) is 27.6 Å². The number of hydrogen-bond acceptors (Lipinski definition) is 11. The third-order valence-corrected chi connectivity index (χ3v) is 5.76. The highest BCUT2D eigenvalue weighted by atomic mass is 16.6. The Morgan fingerprint density at radius 3 is 1.94 bits per heavy atom. The Morgan fingerprint density at radius 2 is 1.39 bits per heavy atom. The van der Waals surface area contributed by atoms with Gasteiger partial charge in [0.15, 0.2) is 34.9 Å². The highest BCUT2D eigenvalue weighted by Gasteiger charge is 2.37. The monoisotopic (exact) mass is 500 g/mol. The summed E-state index contributed by atoms with van der Waals surface area (Å²) in [6.07, 6.45) is -1.85. The smallest absolute Gasteiger partial charge is 0.338 e. The van der Waals surface area contributed by atoms with E-state index in [4.69, 9.17) is 23.7 Å². The number of methoxy groups -OCH3 is 3. The van der Waals surface area contributed by atoms with E-state index in [9.17, 15) is 30.3 Å². The van der Waals surface area contributed by atoms with Crippen molar-refractivity contribution in [1.29, 1.82) is 0 Å². The molecule has 4 rings (SSSR count). The first-order valence-corrected chi connectivity index (χ1v) is 10.6. The predicted molar refractivity (Wildman–Crippen MR) is 124 cm³/mol. The summed E-state index contributed by atoms with van der Waals surface area (Å²) in [5.41, 5.74) is 0.730. The predicted octanol–water partition coefficient (Wildman–Crippen LogP) is 3.14. The molecular weight excluding hydrogens is 476 g/mol. The molecule has 1 aliphatic rings. The number of hydrogen-bond donors (Lipinski definition) is 5. The van der Waals surface area contributed by atoms with Crippen molar-refractivity contribution in [2.75, 3.05) is 21.3 Å². The van der Waals surface area contributed by atoms with Crippen molar-refractivity contribution in [3.63, 3.8) is 0 Å². The van der Waals surface area contributed by atoms with Gasteiger partial charge in [-0.15, -0.1) is 0 Å². The van der Waals surface area contributed by atoms with Gasteiger partial charge in [-0.3, -0.25) is 0 Å². The molecule has 0 saturated carbocycles. The average molecular weight is 500 g/mol. The van der Waals surface area contributed by atoms with Crippen LogP contribution in [0.4, 0.5) is 0 Å². The Morgan fingerprint density at radius 1 is 0.806 bits per heavy atom. The molecule has 0 saturated heterocycles. The van der Waals surface area contributed by atoms with Crippen molar-refractivity contribution in [1.82, 2.24) is 0 Å². The molecule has 11 heteroatoms. The lowest BCUT2D eigenvalue weighted by Gasteiger charge is -2.34. The molecule has 36 heavy (non-hydrogen) atoms. The second kappa shape index (κ2) is 9.53. The van der Waals surface area contributed by atoms with Gasteiger partial charge in [0.05, 0.1) is 26.9 Å². The molecule has 0 aromatic heterocycles. The van der Waals surface area contributed by atoms with Crippen LogP contribution in [0, 0.1) is 0 Å². The molecule has 0 aliphatic carbocycles. The third kappa shape index (κ3) is 4.38. The Labute approximate surface area is 205 Å². The van der Waals surface area contributed by atoms with E-state index in [1.165, 1.54) is 45.6 Å². The number of fused-ring (bicyclic) bond motifs is 1. The summed E-state index contributed by atoms with van der Waals surface area (Å²) >= 11 is 0. The van der Waals surface area contributed by atoms with E-state index in [0.717, 1.165) is 12.1 Å². The number of rotatable bonds is 6. The lowest BCUT2D eigenvalue weighted by molar-refractivity contribution is -0.0189. The van der Waals surface area contributed by atoms with Crippen LogP contribution in [-0.4, -0.2) is 58.9 Å². The van der Waals surface area contributed by atoms with Crippen molar-refractivity contribution in [2.24, 2.45) is 0 Å². The third-order valence-electron chi connectivity index (χ3n) is 5.76. The van der Waals surface area contributed by atoms with Gasteiger partial charge in [0.2, 0.25) is 5.75 Å². The van der Waals surface area contributed by atoms with Gasteiger partial charge in [-0.05, 0) is 24.3 Å². The lowest BCUT2D eigenvalue weighted by atomic mass is 9.93. The molecule has 11 nitrogen and oxygen atoms in total. The summed E-state index contributed by atoms with van der Waals surface area (Å²) in [7, 11) is 4.14. The van der Waals surface area contributed by atoms with Crippen molar-refractivity contribution in [2.45, 2.75) is 18.6 Å². The Kier molecular flexibility index (Phi) is 6.47. The second-order valence-corrected chi connectivity index (χ2v) is 7.95. The summed E-state index contributed by atoms with van der Waals surface area (Å²) < 4.78 is 27.7. The zero-order valence-electron chi connectivity index (χ0n) is 19.5. The maximum Gasteiger partial charge on any atom is 0.338 e. The highest BCUT2D eigenvalue weighted by Crippen LogP contribution is 2.46. The maximum atomic E-state index is 13.0. The van der Waals surface area contributed by atoms with Gasteiger partial charge in [0.1, 0.15) is 23.4 Å². The van der Waals surface area contributed by atoms with Crippen molar-refractivity contribution < 1.29 is 54.0 Å². The van der Waals surface area contributed by atoms with Crippen molar-refractivity contribution in [3.8, 4) is 51.7 Å². The molecule has 1 aliphatic heterocycles. The van der Waals surface area contributed by atoms with E-state index in [1.54, 1.807) is 0 Å². The number of aromatic hydroxyl groups is 5. The maximum absolute atomic E-state index is 13.0. The van der Waals surface area contributed by atoms with Crippen LogP contribution in [0.15, 0.2) is 36.4 Å². The first-order chi connectivity index (χ1) is 17.2. The van der Waals surface area contributed by atoms with Gasteiger partial charge in [0, 0.05) is 29.7 Å². The Bertz CT molecular complexity index is 1270. The van der Waals surface area contributed by atoms with E-state index in [2.05, 4.69) is 0 Å². The van der Waals surface area contributed by atoms with Crippen LogP contribution in [0.3, 0.4) is 0 Å². The molecule has 190 valence electrons. The van der Waals surface area contributed by atoms with E-state index in [1.807, 2.05) is 0 Å². The summed E-state index contributed by atoms with van der Waals surface area (Å²) in [5, 5.41) is 49.6. The van der Waals surface area contributed by atoms with E-state index >= 15 is 0 Å². The quantitative estimate of drug-likeness (QED) is 0.249. The molecule has 2 atom stereocenters. The molecule has 3 aromatic rings. The van der Waals surface area contributed by atoms with E-state index in [0.29, 0.717) is 16.9 Å². The molecule has 2 unspecified atom stereocenters. The zero-order chi connectivity index (χ0) is 26.1. The first kappa shape index (κ1) is 24.5. The molecular formula is C25H24O11. The van der Waals surface area contributed by atoms with E-state index in [-0.39, 0.29) is 40.7 Å². The molecule has 1 heterocycles. The van der Waals surface area contributed by atoms with Crippen molar-refractivity contribution >= 4 is 5.97 Å². The van der Waals surface area contributed by atoms with Crippen molar-refractivity contribution in [3.05, 3.63) is 53.1 Å². The average Bonchev–Trinajstić information content (AvgIpc) is 2.86. The molecule has 0 amide bonds. The number of ether oxygens (including phenoxy) is 5. The fraction of sp³-hybridized carbons (Fsp3) is 0.240. The molecule has 5 N–H and O–H groups in total. The number of benzene rings is 3. The van der Waals surface area contributed by atoms with Crippen LogP contribution in [0.2, 0.25) is 0 Å². The largest absolute Gasteiger partial charge is 0.508 e. The van der Waals surface area contributed by atoms with Gasteiger partial charge >= 0.3 is 5.97 Å². The minimum atomic E-state index is -0.986. The normalized spacial score (nSPS) is 16.4. The summed E-state index contributed by atoms with van der Waals surface area (Å²) in [5.74, 6) is -2.65. The minimum Gasteiger partial charge on any atom is -0.508 e. The fourth-order valence-corrected chi connectivity index (χ4v) is 4.01. The number of phenolic OH excluding ortho intramolecular Hbond substituents is 5. The second-order valence-electron chi connectivity index (χ2n) is 7.95. The van der Waals surface area contributed by atoms with E-state index < -0.39 is 35.4 Å². The topological polar surface area (TPSA) is 164 Å². The van der Waals surface area contributed by atoms with Crippen LogP contribution in [0.5, 0.6) is 51.7 Å². The molecule has 0 fully saturated rings.